The van der Waals surface area contributed by atoms with Crippen LogP contribution in [0, 0.1) is 0 Å². The van der Waals surface area contributed by atoms with Crippen molar-refractivity contribution in [3.8, 4) is 11.1 Å². The summed E-state index contributed by atoms with van der Waals surface area (Å²) in [5.74, 6) is 0.461. The van der Waals surface area contributed by atoms with Crippen molar-refractivity contribution in [3.05, 3.63) is 48.3 Å². The van der Waals surface area contributed by atoms with E-state index in [0.717, 1.165) is 22.3 Å². The Morgan fingerprint density at radius 2 is 1.90 bits per heavy atom. The maximum absolute atomic E-state index is 5.95. The van der Waals surface area contributed by atoms with Crippen molar-refractivity contribution in [3.63, 3.8) is 0 Å². The smallest absolute Gasteiger partial charge is 0.131 e. The van der Waals surface area contributed by atoms with Crippen molar-refractivity contribution in [1.29, 1.82) is 0 Å². The van der Waals surface area contributed by atoms with Crippen LogP contribution in [0.1, 0.15) is 5.56 Å². The average molecular weight is 267 g/mol. The van der Waals surface area contributed by atoms with E-state index >= 15 is 0 Å². The molecule has 1 aromatic carbocycles. The van der Waals surface area contributed by atoms with Crippen LogP contribution < -0.4 is 17.2 Å². The molecule has 5 nitrogen and oxygen atoms in total. The number of pyridine rings is 1. The van der Waals surface area contributed by atoms with Crippen LogP contribution in [0.3, 0.4) is 0 Å². The Hall–Kier alpha value is -2.82. The number of aliphatic imine (C=N–C) groups is 1. The van der Waals surface area contributed by atoms with Crippen molar-refractivity contribution in [2.75, 3.05) is 18.5 Å². The van der Waals surface area contributed by atoms with Gasteiger partial charge in [0.15, 0.2) is 0 Å². The van der Waals surface area contributed by atoms with Gasteiger partial charge in [0, 0.05) is 48.0 Å². The monoisotopic (exact) mass is 267 g/mol. The van der Waals surface area contributed by atoms with E-state index in [4.69, 9.17) is 17.2 Å². The van der Waals surface area contributed by atoms with E-state index in [1.54, 1.807) is 19.5 Å². The molecule has 0 saturated heterocycles. The molecule has 1 aromatic heterocycles. The van der Waals surface area contributed by atoms with Gasteiger partial charge in [-0.3, -0.25) is 4.99 Å². The molecule has 102 valence electrons. The van der Waals surface area contributed by atoms with Crippen molar-refractivity contribution >= 4 is 23.3 Å². The lowest BCUT2D eigenvalue weighted by Gasteiger charge is -2.09. The van der Waals surface area contributed by atoms with Crippen LogP contribution in [0.25, 0.3) is 16.7 Å². The van der Waals surface area contributed by atoms with E-state index in [2.05, 4.69) is 9.98 Å². The molecule has 0 spiro atoms. The fraction of sp³-hybridized carbons (Fsp3) is 0.0667. The summed E-state index contributed by atoms with van der Waals surface area (Å²) in [5, 5.41) is 0. The van der Waals surface area contributed by atoms with Crippen LogP contribution in [0.2, 0.25) is 0 Å². The summed E-state index contributed by atoms with van der Waals surface area (Å²) >= 11 is 0. The zero-order valence-corrected chi connectivity index (χ0v) is 11.2. The summed E-state index contributed by atoms with van der Waals surface area (Å²) in [4.78, 5) is 8.19. The van der Waals surface area contributed by atoms with Crippen LogP contribution in [0.15, 0.2) is 47.7 Å². The van der Waals surface area contributed by atoms with Gasteiger partial charge in [-0.05, 0) is 23.8 Å². The Kier molecular flexibility index (Phi) is 4.00. The fourth-order valence-electron chi connectivity index (χ4n) is 1.88. The second kappa shape index (κ2) is 5.88. The van der Waals surface area contributed by atoms with Gasteiger partial charge in [0.1, 0.15) is 5.82 Å². The first-order valence-electron chi connectivity index (χ1n) is 6.11. The normalized spacial score (nSPS) is 11.9. The molecule has 2 aromatic rings. The van der Waals surface area contributed by atoms with Gasteiger partial charge in [-0.15, -0.1) is 0 Å². The molecule has 0 bridgehead atoms. The van der Waals surface area contributed by atoms with E-state index in [-0.39, 0.29) is 0 Å². The Morgan fingerprint density at radius 1 is 1.20 bits per heavy atom. The maximum Gasteiger partial charge on any atom is 0.131 e. The Morgan fingerprint density at radius 3 is 2.50 bits per heavy atom. The number of aromatic nitrogens is 1. The first kappa shape index (κ1) is 13.6. The highest BCUT2D eigenvalue weighted by atomic mass is 14.8. The molecule has 0 aliphatic rings. The predicted molar refractivity (Wildman–Crippen MR) is 85.1 cm³/mol. The van der Waals surface area contributed by atoms with Crippen LogP contribution in [-0.2, 0) is 0 Å². The lowest BCUT2D eigenvalue weighted by atomic mass is 10.0. The lowest BCUT2D eigenvalue weighted by Crippen LogP contribution is -1.98. The highest BCUT2D eigenvalue weighted by molar-refractivity contribution is 6.09. The number of nitrogens with zero attached hydrogens (tertiary/aromatic N) is 2. The molecule has 0 fully saturated rings. The number of nitrogens with two attached hydrogens (primary N) is 3. The zero-order valence-electron chi connectivity index (χ0n) is 11.2. The van der Waals surface area contributed by atoms with Crippen LogP contribution in [0.5, 0.6) is 0 Å². The van der Waals surface area contributed by atoms with Gasteiger partial charge in [0.25, 0.3) is 0 Å². The summed E-state index contributed by atoms with van der Waals surface area (Å²) < 4.78 is 0. The zero-order chi connectivity index (χ0) is 14.5. The van der Waals surface area contributed by atoms with Gasteiger partial charge in [-0.25, -0.2) is 4.98 Å². The average Bonchev–Trinajstić information content (AvgIpc) is 2.46. The Labute approximate surface area is 117 Å². The van der Waals surface area contributed by atoms with Gasteiger partial charge >= 0.3 is 0 Å². The number of benzene rings is 1. The minimum Gasteiger partial charge on any atom is -0.404 e. The molecule has 5 heteroatoms. The summed E-state index contributed by atoms with van der Waals surface area (Å²) in [6.07, 6.45) is 4.85. The minimum absolute atomic E-state index is 0.461. The molecule has 2 rings (SSSR count). The highest BCUT2D eigenvalue weighted by Crippen LogP contribution is 2.27. The van der Waals surface area contributed by atoms with Gasteiger partial charge in [0.05, 0.1) is 0 Å². The molecule has 1 heterocycles. The molecule has 0 atom stereocenters. The van der Waals surface area contributed by atoms with Crippen LogP contribution in [0.4, 0.5) is 11.5 Å². The molecule has 0 radical (unpaired) electrons. The Bertz CT molecular complexity index is 656. The molecule has 0 unspecified atom stereocenters. The predicted octanol–water partition coefficient (Wildman–Crippen LogP) is 1.91. The summed E-state index contributed by atoms with van der Waals surface area (Å²) in [7, 11) is 1.69. The minimum atomic E-state index is 0.461. The number of nitrogen functional groups attached to an aromatic ring is 2. The molecule has 6 N–H and O–H groups in total. The first-order valence-corrected chi connectivity index (χ1v) is 6.11. The SMILES string of the molecule is CN=CC(=CN)c1cnc(N)c(-c2ccc(N)cc2)c1. The number of hydrogen-bond donors (Lipinski definition) is 3. The van der Waals surface area contributed by atoms with E-state index in [9.17, 15) is 0 Å². The summed E-state index contributed by atoms with van der Waals surface area (Å²) in [6.45, 7) is 0. The molecular formula is C15H17N5. The molecule has 0 aliphatic carbocycles. The van der Waals surface area contributed by atoms with E-state index in [1.807, 2.05) is 30.3 Å². The van der Waals surface area contributed by atoms with E-state index < -0.39 is 0 Å². The van der Waals surface area contributed by atoms with Crippen molar-refractivity contribution in [1.82, 2.24) is 4.98 Å². The lowest BCUT2D eigenvalue weighted by molar-refractivity contribution is 1.32. The number of allylic oxidation sites excluding steroid dienone is 1. The van der Waals surface area contributed by atoms with Gasteiger partial charge in [-0.1, -0.05) is 12.1 Å². The molecule has 20 heavy (non-hydrogen) atoms. The maximum atomic E-state index is 5.95. The summed E-state index contributed by atoms with van der Waals surface area (Å²) in [6, 6.07) is 9.41. The third-order valence-corrected chi connectivity index (χ3v) is 2.92. The summed E-state index contributed by atoms with van der Waals surface area (Å²) in [5.41, 5.74) is 21.4. The van der Waals surface area contributed by atoms with E-state index in [0.29, 0.717) is 11.5 Å². The number of hydrogen-bond acceptors (Lipinski definition) is 5. The number of rotatable bonds is 3. The van der Waals surface area contributed by atoms with Gasteiger partial charge < -0.3 is 17.2 Å². The fourth-order valence-corrected chi connectivity index (χ4v) is 1.88. The molecular weight excluding hydrogens is 250 g/mol. The molecule has 0 amide bonds. The second-order valence-corrected chi connectivity index (χ2v) is 4.29. The standard InChI is InChI=1S/C15H17N5/c1-19-8-12(7-16)11-6-14(15(18)20-9-11)10-2-4-13(17)5-3-10/h2-9H,16-17H2,1H3,(H2,18,20). The van der Waals surface area contributed by atoms with Gasteiger partial charge in [0.2, 0.25) is 0 Å². The molecule has 0 saturated carbocycles. The van der Waals surface area contributed by atoms with Crippen molar-refractivity contribution in [2.24, 2.45) is 10.7 Å². The van der Waals surface area contributed by atoms with E-state index in [1.165, 1.54) is 6.20 Å². The topological polar surface area (TPSA) is 103 Å². The third-order valence-electron chi connectivity index (χ3n) is 2.92. The van der Waals surface area contributed by atoms with Crippen LogP contribution in [-0.4, -0.2) is 18.2 Å². The second-order valence-electron chi connectivity index (χ2n) is 4.29. The largest absolute Gasteiger partial charge is 0.404 e. The Balaban J connectivity index is 2.51. The quantitative estimate of drug-likeness (QED) is 0.583. The van der Waals surface area contributed by atoms with Crippen LogP contribution >= 0.6 is 0 Å². The molecule has 0 aliphatic heterocycles. The van der Waals surface area contributed by atoms with Crippen molar-refractivity contribution < 1.29 is 0 Å². The van der Waals surface area contributed by atoms with Gasteiger partial charge in [-0.2, -0.15) is 0 Å². The first-order chi connectivity index (χ1) is 9.65. The number of anilines is 2. The van der Waals surface area contributed by atoms with Crippen molar-refractivity contribution in [2.45, 2.75) is 0 Å². The highest BCUT2D eigenvalue weighted by Gasteiger charge is 2.07. The third kappa shape index (κ3) is 2.77.